The third-order valence-electron chi connectivity index (χ3n) is 5.36. The maximum absolute atomic E-state index is 10.6. The van der Waals surface area contributed by atoms with Gasteiger partial charge in [-0.3, -0.25) is 0 Å². The Balaban J connectivity index is 1.61. The summed E-state index contributed by atoms with van der Waals surface area (Å²) in [4.78, 5) is 4.68. The van der Waals surface area contributed by atoms with Gasteiger partial charge in [-0.1, -0.05) is 25.0 Å². The predicted octanol–water partition coefficient (Wildman–Crippen LogP) is 2.62. The lowest BCUT2D eigenvalue weighted by Crippen LogP contribution is -2.43. The number of nitrogens with one attached hydrogen (secondary N) is 2. The Labute approximate surface area is 178 Å². The Bertz CT molecular complexity index is 825. The van der Waals surface area contributed by atoms with Crippen molar-refractivity contribution in [1.82, 2.24) is 25.4 Å². The number of aromatic nitrogens is 3. The van der Waals surface area contributed by atoms with Crippen LogP contribution < -0.4 is 15.4 Å². The molecule has 30 heavy (non-hydrogen) atoms. The Hall–Kier alpha value is -2.61. The van der Waals surface area contributed by atoms with Crippen LogP contribution in [0, 0.1) is 6.92 Å². The monoisotopic (exact) mass is 414 g/mol. The van der Waals surface area contributed by atoms with Gasteiger partial charge in [-0.2, -0.15) is 0 Å². The van der Waals surface area contributed by atoms with Gasteiger partial charge in [-0.05, 0) is 51.3 Å². The van der Waals surface area contributed by atoms with E-state index in [0.717, 1.165) is 35.8 Å². The molecule has 0 bridgehead atoms. The highest BCUT2D eigenvalue weighted by atomic mass is 16.5. The SMILES string of the molecule is Cc1nnc(CN=C(NCC(O)c2ccc(OC(C)C)cc2)NC2CCCC2)n1C. The van der Waals surface area contributed by atoms with Gasteiger partial charge in [0.2, 0.25) is 0 Å². The van der Waals surface area contributed by atoms with Crippen LogP contribution in [0.15, 0.2) is 29.3 Å². The zero-order valence-corrected chi connectivity index (χ0v) is 18.4. The van der Waals surface area contributed by atoms with Crippen LogP contribution in [0.25, 0.3) is 0 Å². The van der Waals surface area contributed by atoms with Gasteiger partial charge < -0.3 is 25.0 Å². The van der Waals surface area contributed by atoms with Crippen LogP contribution in [-0.2, 0) is 13.6 Å². The zero-order valence-electron chi connectivity index (χ0n) is 18.4. The summed E-state index contributed by atoms with van der Waals surface area (Å²) in [5, 5.41) is 25.7. The molecule has 8 heteroatoms. The highest BCUT2D eigenvalue weighted by molar-refractivity contribution is 5.80. The first-order valence-electron chi connectivity index (χ1n) is 10.8. The second-order valence-corrected chi connectivity index (χ2v) is 8.15. The summed E-state index contributed by atoms with van der Waals surface area (Å²) in [5.74, 6) is 3.17. The molecule has 1 aromatic carbocycles. The molecular weight excluding hydrogens is 380 g/mol. The maximum Gasteiger partial charge on any atom is 0.192 e. The van der Waals surface area contributed by atoms with Crippen molar-refractivity contribution >= 4 is 5.96 Å². The topological polar surface area (TPSA) is 96.6 Å². The third-order valence-corrected chi connectivity index (χ3v) is 5.36. The maximum atomic E-state index is 10.6. The molecule has 1 aliphatic rings. The van der Waals surface area contributed by atoms with E-state index in [4.69, 9.17) is 4.74 Å². The summed E-state index contributed by atoms with van der Waals surface area (Å²) in [6.45, 7) is 6.70. The molecule has 1 atom stereocenters. The number of nitrogens with zero attached hydrogens (tertiary/aromatic N) is 4. The molecule has 1 aliphatic carbocycles. The minimum absolute atomic E-state index is 0.126. The van der Waals surface area contributed by atoms with E-state index in [0.29, 0.717) is 25.1 Å². The third kappa shape index (κ3) is 6.19. The lowest BCUT2D eigenvalue weighted by molar-refractivity contribution is 0.180. The number of aliphatic imine (C=N–C) groups is 1. The summed E-state index contributed by atoms with van der Waals surface area (Å²) in [5.41, 5.74) is 0.836. The standard InChI is InChI=1S/C22H34N6O2/c1-15(2)30-19-11-9-17(10-12-19)20(29)13-23-22(25-18-7-5-6-8-18)24-14-21-27-26-16(3)28(21)4/h9-12,15,18,20,29H,5-8,13-14H2,1-4H3,(H2,23,24,25). The van der Waals surface area contributed by atoms with Crippen LogP contribution in [-0.4, -0.2) is 44.5 Å². The summed E-state index contributed by atoms with van der Waals surface area (Å²) < 4.78 is 7.60. The molecule has 0 amide bonds. The quantitative estimate of drug-likeness (QED) is 0.454. The number of hydrogen-bond acceptors (Lipinski definition) is 5. The van der Waals surface area contributed by atoms with Crippen molar-refractivity contribution in [3.05, 3.63) is 41.5 Å². The van der Waals surface area contributed by atoms with Crippen LogP contribution in [0.1, 0.15) is 62.8 Å². The average Bonchev–Trinajstić information content (AvgIpc) is 3.34. The van der Waals surface area contributed by atoms with Gasteiger partial charge in [0.1, 0.15) is 18.1 Å². The fourth-order valence-electron chi connectivity index (χ4n) is 3.51. The van der Waals surface area contributed by atoms with Gasteiger partial charge in [0.25, 0.3) is 0 Å². The van der Waals surface area contributed by atoms with Crippen molar-refractivity contribution in [2.75, 3.05) is 6.54 Å². The van der Waals surface area contributed by atoms with E-state index in [1.807, 2.05) is 56.7 Å². The van der Waals surface area contributed by atoms with Crippen molar-refractivity contribution < 1.29 is 9.84 Å². The number of aliphatic hydroxyl groups excluding tert-OH is 1. The normalized spacial score (nSPS) is 16.1. The molecule has 1 unspecified atom stereocenters. The molecule has 0 radical (unpaired) electrons. The van der Waals surface area contributed by atoms with Crippen LogP contribution in [0.3, 0.4) is 0 Å². The summed E-state index contributed by atoms with van der Waals surface area (Å²) in [6.07, 6.45) is 4.24. The van der Waals surface area contributed by atoms with Gasteiger partial charge in [-0.15, -0.1) is 10.2 Å². The zero-order chi connectivity index (χ0) is 21.5. The average molecular weight is 415 g/mol. The Kier molecular flexibility index (Phi) is 7.68. The number of ether oxygens (including phenoxy) is 1. The minimum atomic E-state index is -0.647. The fourth-order valence-corrected chi connectivity index (χ4v) is 3.51. The number of aliphatic hydroxyl groups is 1. The van der Waals surface area contributed by atoms with Gasteiger partial charge in [-0.25, -0.2) is 4.99 Å². The molecule has 1 saturated carbocycles. The Morgan fingerprint density at radius 1 is 1.23 bits per heavy atom. The molecular formula is C22H34N6O2. The van der Waals surface area contributed by atoms with E-state index in [1.165, 1.54) is 12.8 Å². The number of guanidine groups is 1. The number of aryl methyl sites for hydroxylation is 1. The molecule has 2 aromatic rings. The lowest BCUT2D eigenvalue weighted by Gasteiger charge is -2.19. The highest BCUT2D eigenvalue weighted by Gasteiger charge is 2.17. The van der Waals surface area contributed by atoms with E-state index < -0.39 is 6.10 Å². The molecule has 3 rings (SSSR count). The largest absolute Gasteiger partial charge is 0.491 e. The molecule has 164 valence electrons. The molecule has 1 aromatic heterocycles. The Morgan fingerprint density at radius 2 is 1.93 bits per heavy atom. The molecule has 1 fully saturated rings. The smallest absolute Gasteiger partial charge is 0.192 e. The van der Waals surface area contributed by atoms with E-state index in [2.05, 4.69) is 25.8 Å². The van der Waals surface area contributed by atoms with Crippen molar-refractivity contribution in [3.8, 4) is 5.75 Å². The van der Waals surface area contributed by atoms with E-state index in [9.17, 15) is 5.11 Å². The van der Waals surface area contributed by atoms with Gasteiger partial charge in [0, 0.05) is 19.6 Å². The highest BCUT2D eigenvalue weighted by Crippen LogP contribution is 2.19. The van der Waals surface area contributed by atoms with E-state index >= 15 is 0 Å². The van der Waals surface area contributed by atoms with Crippen LogP contribution in [0.4, 0.5) is 0 Å². The van der Waals surface area contributed by atoms with E-state index in [1.54, 1.807) is 0 Å². The lowest BCUT2D eigenvalue weighted by atomic mass is 10.1. The molecule has 0 saturated heterocycles. The molecule has 0 spiro atoms. The van der Waals surface area contributed by atoms with Gasteiger partial charge in [0.05, 0.1) is 12.2 Å². The molecule has 3 N–H and O–H groups in total. The number of hydrogen-bond donors (Lipinski definition) is 3. The fraction of sp³-hybridized carbons (Fsp3) is 0.591. The molecule has 1 heterocycles. The second kappa shape index (κ2) is 10.4. The first-order chi connectivity index (χ1) is 14.4. The van der Waals surface area contributed by atoms with Crippen LogP contribution >= 0.6 is 0 Å². The molecule has 0 aliphatic heterocycles. The number of rotatable bonds is 8. The first kappa shape index (κ1) is 22.1. The summed E-state index contributed by atoms with van der Waals surface area (Å²) in [7, 11) is 1.94. The van der Waals surface area contributed by atoms with Crippen LogP contribution in [0.5, 0.6) is 5.75 Å². The second-order valence-electron chi connectivity index (χ2n) is 8.15. The Morgan fingerprint density at radius 3 is 2.53 bits per heavy atom. The van der Waals surface area contributed by atoms with Crippen molar-refractivity contribution in [3.63, 3.8) is 0 Å². The summed E-state index contributed by atoms with van der Waals surface area (Å²) in [6, 6.07) is 7.99. The van der Waals surface area contributed by atoms with Gasteiger partial charge in [0.15, 0.2) is 11.8 Å². The number of benzene rings is 1. The predicted molar refractivity (Wildman–Crippen MR) is 117 cm³/mol. The summed E-state index contributed by atoms with van der Waals surface area (Å²) >= 11 is 0. The van der Waals surface area contributed by atoms with E-state index in [-0.39, 0.29) is 6.10 Å². The van der Waals surface area contributed by atoms with Crippen molar-refractivity contribution in [2.24, 2.45) is 12.0 Å². The van der Waals surface area contributed by atoms with Crippen molar-refractivity contribution in [2.45, 2.75) is 71.2 Å². The molecule has 8 nitrogen and oxygen atoms in total. The van der Waals surface area contributed by atoms with Crippen molar-refractivity contribution in [1.29, 1.82) is 0 Å². The van der Waals surface area contributed by atoms with Crippen LogP contribution in [0.2, 0.25) is 0 Å². The van der Waals surface area contributed by atoms with Gasteiger partial charge >= 0.3 is 0 Å². The first-order valence-corrected chi connectivity index (χ1v) is 10.8. The minimum Gasteiger partial charge on any atom is -0.491 e.